The number of hydrogen-bond donors (Lipinski definition) is 2. The Kier molecular flexibility index (Phi) is 3.08. The zero-order valence-corrected chi connectivity index (χ0v) is 7.25. The number of hydrogen-bond acceptors (Lipinski definition) is 3. The quantitative estimate of drug-likeness (QED) is 0.742. The third-order valence-corrected chi connectivity index (χ3v) is 1.74. The van der Waals surface area contributed by atoms with Gasteiger partial charge in [0, 0.05) is 6.61 Å². The highest BCUT2D eigenvalue weighted by molar-refractivity contribution is 5.43. The summed E-state index contributed by atoms with van der Waals surface area (Å²) in [6.45, 7) is -0.134. The van der Waals surface area contributed by atoms with Crippen molar-refractivity contribution in [1.29, 1.82) is 0 Å². The predicted octanol–water partition coefficient (Wildman–Crippen LogP) is 1.07. The smallest absolute Gasteiger partial charge is 0.196 e. The molecule has 0 radical (unpaired) electrons. The molecule has 3 nitrogen and oxygen atoms in total. The summed E-state index contributed by atoms with van der Waals surface area (Å²) in [5, 5.41) is 17.8. The van der Waals surface area contributed by atoms with E-state index in [-0.39, 0.29) is 24.5 Å². The van der Waals surface area contributed by atoms with Crippen LogP contribution in [0.3, 0.4) is 0 Å². The lowest BCUT2D eigenvalue weighted by Crippen LogP contribution is -1.98. The number of methoxy groups -OCH3 is 1. The van der Waals surface area contributed by atoms with Crippen molar-refractivity contribution in [3.05, 3.63) is 23.5 Å². The maximum Gasteiger partial charge on any atom is 0.196 e. The summed E-state index contributed by atoms with van der Waals surface area (Å²) in [5.74, 6) is -1.02. The summed E-state index contributed by atoms with van der Waals surface area (Å²) < 4.78 is 18.0. The van der Waals surface area contributed by atoms with E-state index in [1.807, 2.05) is 0 Å². The van der Waals surface area contributed by atoms with Crippen molar-refractivity contribution in [3.8, 4) is 11.5 Å². The Hall–Kier alpha value is -1.29. The number of aromatic hydroxyl groups is 1. The molecule has 1 aromatic carbocycles. The number of ether oxygens (including phenoxy) is 1. The van der Waals surface area contributed by atoms with Gasteiger partial charge in [-0.15, -0.1) is 0 Å². The minimum atomic E-state index is -0.614. The van der Waals surface area contributed by atoms with E-state index in [0.29, 0.717) is 5.56 Å². The van der Waals surface area contributed by atoms with Crippen molar-refractivity contribution < 1.29 is 19.3 Å². The summed E-state index contributed by atoms with van der Waals surface area (Å²) in [5.41, 5.74) is 0.331. The third kappa shape index (κ3) is 1.89. The van der Waals surface area contributed by atoms with Crippen molar-refractivity contribution in [3.63, 3.8) is 0 Å². The van der Waals surface area contributed by atoms with Crippen molar-refractivity contribution >= 4 is 0 Å². The van der Waals surface area contributed by atoms with Gasteiger partial charge in [-0.1, -0.05) is 6.07 Å². The second-order valence-corrected chi connectivity index (χ2v) is 2.56. The van der Waals surface area contributed by atoms with Gasteiger partial charge in [0.15, 0.2) is 17.3 Å². The molecule has 0 saturated carbocycles. The number of rotatable bonds is 3. The largest absolute Gasteiger partial charge is 0.504 e. The number of phenols is 1. The number of aliphatic hydroxyl groups excluding tert-OH is 1. The lowest BCUT2D eigenvalue weighted by molar-refractivity contribution is 0.295. The number of aliphatic hydroxyl groups is 1. The highest BCUT2D eigenvalue weighted by Crippen LogP contribution is 2.30. The van der Waals surface area contributed by atoms with E-state index in [4.69, 9.17) is 10.2 Å². The number of halogens is 1. The van der Waals surface area contributed by atoms with E-state index in [1.165, 1.54) is 19.2 Å². The molecule has 1 aromatic rings. The molecule has 0 fully saturated rings. The summed E-state index contributed by atoms with van der Waals surface area (Å²) in [4.78, 5) is 0. The summed E-state index contributed by atoms with van der Waals surface area (Å²) in [7, 11) is 1.28. The fourth-order valence-corrected chi connectivity index (χ4v) is 1.09. The van der Waals surface area contributed by atoms with Crippen molar-refractivity contribution in [2.24, 2.45) is 0 Å². The van der Waals surface area contributed by atoms with E-state index in [0.717, 1.165) is 0 Å². The van der Waals surface area contributed by atoms with Gasteiger partial charge in [-0.2, -0.15) is 0 Å². The molecule has 0 unspecified atom stereocenters. The van der Waals surface area contributed by atoms with Gasteiger partial charge in [-0.25, -0.2) is 4.39 Å². The molecule has 0 amide bonds. The summed E-state index contributed by atoms with van der Waals surface area (Å²) in [6, 6.07) is 2.76. The number of benzene rings is 1. The molecule has 0 spiro atoms. The Labute approximate surface area is 75.4 Å². The molecule has 0 aliphatic carbocycles. The van der Waals surface area contributed by atoms with E-state index in [2.05, 4.69) is 4.74 Å². The van der Waals surface area contributed by atoms with Crippen LogP contribution in [0, 0.1) is 5.82 Å². The first-order valence-corrected chi connectivity index (χ1v) is 3.86. The predicted molar refractivity (Wildman–Crippen MR) is 45.4 cm³/mol. The van der Waals surface area contributed by atoms with Crippen LogP contribution in [0.15, 0.2) is 12.1 Å². The molecule has 0 aliphatic heterocycles. The van der Waals surface area contributed by atoms with Crippen LogP contribution < -0.4 is 4.74 Å². The normalized spacial score (nSPS) is 10.1. The average molecular weight is 186 g/mol. The highest BCUT2D eigenvalue weighted by Gasteiger charge is 2.12. The molecule has 0 aliphatic rings. The average Bonchev–Trinajstić information content (AvgIpc) is 2.11. The van der Waals surface area contributed by atoms with Crippen molar-refractivity contribution in [2.75, 3.05) is 13.7 Å². The zero-order chi connectivity index (χ0) is 9.84. The second-order valence-electron chi connectivity index (χ2n) is 2.56. The van der Waals surface area contributed by atoms with Gasteiger partial charge in [0.25, 0.3) is 0 Å². The Bertz CT molecular complexity index is 299. The first-order chi connectivity index (χ1) is 6.20. The lowest BCUT2D eigenvalue weighted by atomic mass is 10.1. The van der Waals surface area contributed by atoms with E-state index in [1.54, 1.807) is 0 Å². The van der Waals surface area contributed by atoms with Crippen LogP contribution in [-0.2, 0) is 6.42 Å². The molecule has 0 atom stereocenters. The summed E-state index contributed by atoms with van der Waals surface area (Å²) in [6.07, 6.45) is 0.211. The number of phenolic OH excluding ortho intramolecular Hbond substituents is 1. The SMILES string of the molecule is COc1c(O)ccc(CCO)c1F. The van der Waals surface area contributed by atoms with E-state index in [9.17, 15) is 4.39 Å². The molecule has 72 valence electrons. The molecule has 0 bridgehead atoms. The van der Waals surface area contributed by atoms with Gasteiger partial charge in [-0.05, 0) is 18.1 Å². The standard InChI is InChI=1S/C9H11FO3/c1-13-9-7(12)3-2-6(4-5-11)8(9)10/h2-3,11-12H,4-5H2,1H3. The Morgan fingerprint density at radius 3 is 2.69 bits per heavy atom. The summed E-state index contributed by atoms with van der Waals surface area (Å²) >= 11 is 0. The van der Waals surface area contributed by atoms with Gasteiger partial charge in [0.2, 0.25) is 0 Å². The van der Waals surface area contributed by atoms with Crippen LogP contribution in [0.2, 0.25) is 0 Å². The second kappa shape index (κ2) is 4.09. The lowest BCUT2D eigenvalue weighted by Gasteiger charge is -2.07. The van der Waals surface area contributed by atoms with Crippen LogP contribution in [0.25, 0.3) is 0 Å². The molecule has 2 N–H and O–H groups in total. The molecule has 13 heavy (non-hydrogen) atoms. The van der Waals surface area contributed by atoms with E-state index < -0.39 is 5.82 Å². The molecule has 4 heteroatoms. The monoisotopic (exact) mass is 186 g/mol. The van der Waals surface area contributed by atoms with Crippen LogP contribution >= 0.6 is 0 Å². The maximum absolute atomic E-state index is 13.3. The van der Waals surface area contributed by atoms with Crippen molar-refractivity contribution in [1.82, 2.24) is 0 Å². The van der Waals surface area contributed by atoms with Crippen LogP contribution in [0.5, 0.6) is 11.5 Å². The fraction of sp³-hybridized carbons (Fsp3) is 0.333. The topological polar surface area (TPSA) is 49.7 Å². The highest BCUT2D eigenvalue weighted by atomic mass is 19.1. The Balaban J connectivity index is 3.11. The molecular formula is C9H11FO3. The Morgan fingerprint density at radius 2 is 2.15 bits per heavy atom. The molecule has 0 saturated heterocycles. The van der Waals surface area contributed by atoms with E-state index >= 15 is 0 Å². The molecule has 0 heterocycles. The fourth-order valence-electron chi connectivity index (χ4n) is 1.09. The van der Waals surface area contributed by atoms with Crippen molar-refractivity contribution in [2.45, 2.75) is 6.42 Å². The van der Waals surface area contributed by atoms with Crippen LogP contribution in [-0.4, -0.2) is 23.9 Å². The Morgan fingerprint density at radius 1 is 1.46 bits per heavy atom. The zero-order valence-electron chi connectivity index (χ0n) is 7.25. The van der Waals surface area contributed by atoms with Gasteiger partial charge in [0.1, 0.15) is 0 Å². The molecule has 1 rings (SSSR count). The van der Waals surface area contributed by atoms with Gasteiger partial charge in [0.05, 0.1) is 7.11 Å². The minimum absolute atomic E-state index is 0.134. The minimum Gasteiger partial charge on any atom is -0.504 e. The van der Waals surface area contributed by atoms with Gasteiger partial charge >= 0.3 is 0 Å². The van der Waals surface area contributed by atoms with Gasteiger partial charge < -0.3 is 14.9 Å². The maximum atomic E-state index is 13.3. The van der Waals surface area contributed by atoms with Gasteiger partial charge in [-0.3, -0.25) is 0 Å². The molecular weight excluding hydrogens is 175 g/mol. The third-order valence-electron chi connectivity index (χ3n) is 1.74. The first kappa shape index (κ1) is 9.80. The van der Waals surface area contributed by atoms with Crippen LogP contribution in [0.1, 0.15) is 5.56 Å². The molecule has 0 aromatic heterocycles. The van der Waals surface area contributed by atoms with Crippen LogP contribution in [0.4, 0.5) is 4.39 Å². The first-order valence-electron chi connectivity index (χ1n) is 3.86.